The normalized spacial score (nSPS) is 14.1. The van der Waals surface area contributed by atoms with Gasteiger partial charge in [-0.05, 0) is 41.3 Å². The molecule has 2 unspecified atom stereocenters. The lowest BCUT2D eigenvalue weighted by Crippen LogP contribution is -2.25. The summed E-state index contributed by atoms with van der Waals surface area (Å²) in [4.78, 5) is 4.12. The van der Waals surface area contributed by atoms with Crippen LogP contribution in [-0.2, 0) is 0 Å². The Labute approximate surface area is 128 Å². The number of benzene rings is 1. The van der Waals surface area contributed by atoms with Gasteiger partial charge in [0.2, 0.25) is 0 Å². The maximum absolute atomic E-state index is 4.12. The van der Waals surface area contributed by atoms with Crippen LogP contribution >= 0.6 is 0 Å². The Morgan fingerprint density at radius 2 is 1.43 bits per heavy atom. The van der Waals surface area contributed by atoms with Gasteiger partial charge in [0.15, 0.2) is 0 Å². The summed E-state index contributed by atoms with van der Waals surface area (Å²) in [6.07, 6.45) is 3.74. The first-order chi connectivity index (χ1) is 10.1. The largest absolute Gasteiger partial charge is 0.310 e. The smallest absolute Gasteiger partial charge is 0.0386 e. The summed E-state index contributed by atoms with van der Waals surface area (Å²) in [5, 5.41) is 3.63. The zero-order valence-corrected chi connectivity index (χ0v) is 13.5. The van der Waals surface area contributed by atoms with E-state index in [1.54, 1.807) is 0 Å². The van der Waals surface area contributed by atoms with Gasteiger partial charge in [0.05, 0.1) is 0 Å². The Morgan fingerprint density at radius 1 is 0.857 bits per heavy atom. The van der Waals surface area contributed by atoms with Crippen molar-refractivity contribution in [2.45, 2.75) is 45.6 Å². The first kappa shape index (κ1) is 15.7. The molecule has 1 aromatic carbocycles. The summed E-state index contributed by atoms with van der Waals surface area (Å²) < 4.78 is 0. The van der Waals surface area contributed by atoms with Gasteiger partial charge in [-0.1, -0.05) is 52.0 Å². The molecule has 2 rings (SSSR count). The number of nitrogens with zero attached hydrogens (tertiary/aromatic N) is 1. The van der Waals surface area contributed by atoms with Crippen LogP contribution in [0.15, 0.2) is 48.8 Å². The van der Waals surface area contributed by atoms with Crippen LogP contribution in [0.25, 0.3) is 0 Å². The quantitative estimate of drug-likeness (QED) is 0.833. The van der Waals surface area contributed by atoms with E-state index in [0.29, 0.717) is 17.9 Å². The average Bonchev–Trinajstić information content (AvgIpc) is 2.53. The van der Waals surface area contributed by atoms with E-state index < -0.39 is 0 Å². The van der Waals surface area contributed by atoms with Crippen molar-refractivity contribution >= 4 is 0 Å². The molecular weight excluding hydrogens is 256 g/mol. The van der Waals surface area contributed by atoms with Crippen molar-refractivity contribution in [2.75, 3.05) is 6.54 Å². The number of rotatable bonds is 6. The Balaban J connectivity index is 2.26. The van der Waals surface area contributed by atoms with Gasteiger partial charge < -0.3 is 5.32 Å². The van der Waals surface area contributed by atoms with E-state index in [0.717, 1.165) is 6.54 Å². The fourth-order valence-electron chi connectivity index (χ4n) is 2.75. The second-order valence-electron chi connectivity index (χ2n) is 5.93. The highest BCUT2D eigenvalue weighted by atomic mass is 14.9. The van der Waals surface area contributed by atoms with E-state index in [4.69, 9.17) is 0 Å². The van der Waals surface area contributed by atoms with E-state index in [1.807, 2.05) is 12.4 Å². The van der Waals surface area contributed by atoms with Gasteiger partial charge in [-0.3, -0.25) is 4.98 Å². The van der Waals surface area contributed by atoms with Crippen LogP contribution in [0.2, 0.25) is 0 Å². The van der Waals surface area contributed by atoms with Gasteiger partial charge in [-0.15, -0.1) is 0 Å². The van der Waals surface area contributed by atoms with Crippen molar-refractivity contribution in [1.82, 2.24) is 10.3 Å². The minimum atomic E-state index is 0.332. The van der Waals surface area contributed by atoms with E-state index in [1.165, 1.54) is 16.7 Å². The Kier molecular flexibility index (Phi) is 5.51. The summed E-state index contributed by atoms with van der Waals surface area (Å²) in [7, 11) is 0. The van der Waals surface area contributed by atoms with E-state index in [9.17, 15) is 0 Å². The van der Waals surface area contributed by atoms with Gasteiger partial charge in [0, 0.05) is 24.4 Å². The van der Waals surface area contributed by atoms with Crippen LogP contribution in [-0.4, -0.2) is 11.5 Å². The summed E-state index contributed by atoms with van der Waals surface area (Å²) in [6, 6.07) is 13.6. The topological polar surface area (TPSA) is 24.9 Å². The predicted molar refractivity (Wildman–Crippen MR) is 89.6 cm³/mol. The SMILES string of the molecule is CCNC(c1ccc(C(C)C)cc1)C(C)c1ccncc1. The first-order valence-electron chi connectivity index (χ1n) is 7.86. The lowest BCUT2D eigenvalue weighted by molar-refractivity contribution is 0.479. The van der Waals surface area contributed by atoms with Crippen LogP contribution in [0.3, 0.4) is 0 Å². The Hall–Kier alpha value is -1.67. The molecule has 0 amide bonds. The zero-order chi connectivity index (χ0) is 15.2. The third-order valence-corrected chi connectivity index (χ3v) is 4.12. The minimum Gasteiger partial charge on any atom is -0.310 e. The van der Waals surface area contributed by atoms with Gasteiger partial charge in [0.1, 0.15) is 0 Å². The molecule has 21 heavy (non-hydrogen) atoms. The molecule has 0 radical (unpaired) electrons. The average molecular weight is 282 g/mol. The van der Waals surface area contributed by atoms with E-state index >= 15 is 0 Å². The molecule has 1 N–H and O–H groups in total. The Morgan fingerprint density at radius 3 is 1.95 bits per heavy atom. The highest BCUT2D eigenvalue weighted by molar-refractivity contribution is 5.30. The van der Waals surface area contributed by atoms with Crippen molar-refractivity contribution < 1.29 is 0 Å². The molecule has 1 aromatic heterocycles. The van der Waals surface area contributed by atoms with E-state index in [2.05, 4.69) is 74.4 Å². The van der Waals surface area contributed by atoms with Crippen molar-refractivity contribution in [3.05, 3.63) is 65.5 Å². The fraction of sp³-hybridized carbons (Fsp3) is 0.421. The second-order valence-corrected chi connectivity index (χ2v) is 5.93. The van der Waals surface area contributed by atoms with Gasteiger partial charge in [0.25, 0.3) is 0 Å². The van der Waals surface area contributed by atoms with Gasteiger partial charge in [-0.2, -0.15) is 0 Å². The summed E-state index contributed by atoms with van der Waals surface area (Å²) in [5.41, 5.74) is 4.07. The molecular formula is C19H26N2. The third-order valence-electron chi connectivity index (χ3n) is 4.12. The number of aromatic nitrogens is 1. The molecule has 0 aliphatic heterocycles. The number of nitrogens with one attached hydrogen (secondary N) is 1. The molecule has 0 fully saturated rings. The molecule has 0 bridgehead atoms. The maximum atomic E-state index is 4.12. The maximum Gasteiger partial charge on any atom is 0.0386 e. The fourth-order valence-corrected chi connectivity index (χ4v) is 2.75. The minimum absolute atomic E-state index is 0.332. The Bertz CT molecular complexity index is 531. The van der Waals surface area contributed by atoms with Crippen LogP contribution in [0.1, 0.15) is 62.3 Å². The van der Waals surface area contributed by atoms with Crippen molar-refractivity contribution in [3.8, 4) is 0 Å². The molecule has 0 spiro atoms. The van der Waals surface area contributed by atoms with Crippen molar-refractivity contribution in [2.24, 2.45) is 0 Å². The predicted octanol–water partition coefficient (Wildman–Crippen LogP) is 4.66. The van der Waals surface area contributed by atoms with Gasteiger partial charge in [-0.25, -0.2) is 0 Å². The molecule has 0 saturated carbocycles. The summed E-state index contributed by atoms with van der Waals surface area (Å²) in [5.74, 6) is 0.993. The van der Waals surface area contributed by atoms with Crippen LogP contribution < -0.4 is 5.32 Å². The lowest BCUT2D eigenvalue weighted by atomic mass is 9.88. The highest BCUT2D eigenvalue weighted by Crippen LogP contribution is 2.31. The van der Waals surface area contributed by atoms with Crippen molar-refractivity contribution in [3.63, 3.8) is 0 Å². The molecule has 2 heteroatoms. The molecule has 1 heterocycles. The second kappa shape index (κ2) is 7.37. The highest BCUT2D eigenvalue weighted by Gasteiger charge is 2.20. The summed E-state index contributed by atoms with van der Waals surface area (Å²) >= 11 is 0. The molecule has 2 aromatic rings. The third kappa shape index (κ3) is 3.92. The standard InChI is InChI=1S/C19H26N2/c1-5-21-19(15(4)17-10-12-20-13-11-17)18-8-6-16(7-9-18)14(2)3/h6-15,19,21H,5H2,1-4H3. The molecule has 2 nitrogen and oxygen atoms in total. The van der Waals surface area contributed by atoms with E-state index in [-0.39, 0.29) is 0 Å². The number of hydrogen-bond acceptors (Lipinski definition) is 2. The van der Waals surface area contributed by atoms with Crippen LogP contribution in [0.5, 0.6) is 0 Å². The number of hydrogen-bond donors (Lipinski definition) is 1. The molecule has 0 aliphatic carbocycles. The monoisotopic (exact) mass is 282 g/mol. The molecule has 2 atom stereocenters. The van der Waals surface area contributed by atoms with Crippen LogP contribution in [0.4, 0.5) is 0 Å². The van der Waals surface area contributed by atoms with Gasteiger partial charge >= 0.3 is 0 Å². The molecule has 112 valence electrons. The zero-order valence-electron chi connectivity index (χ0n) is 13.5. The van der Waals surface area contributed by atoms with Crippen LogP contribution in [0, 0.1) is 0 Å². The molecule has 0 saturated heterocycles. The number of pyridine rings is 1. The lowest BCUT2D eigenvalue weighted by Gasteiger charge is -2.26. The van der Waals surface area contributed by atoms with Crippen molar-refractivity contribution in [1.29, 1.82) is 0 Å². The first-order valence-corrected chi connectivity index (χ1v) is 7.86. The number of likely N-dealkylation sites (N-methyl/N-ethyl adjacent to an activating group) is 1. The molecule has 0 aliphatic rings. The summed E-state index contributed by atoms with van der Waals surface area (Å²) in [6.45, 7) is 9.87.